The second-order valence-corrected chi connectivity index (χ2v) is 32.7. The van der Waals surface area contributed by atoms with Gasteiger partial charge >= 0.3 is 13.7 Å². The van der Waals surface area contributed by atoms with Crippen LogP contribution in [-0.2, 0) is 0 Å². The number of unbranched alkanes of at least 4 members (excludes halogenated alkanes) is 34. The summed E-state index contributed by atoms with van der Waals surface area (Å²) >= 11 is 13.4. The van der Waals surface area contributed by atoms with Gasteiger partial charge in [-0.05, 0) is 109 Å². The minimum Gasteiger partial charge on any atom is -0.494 e. The summed E-state index contributed by atoms with van der Waals surface area (Å²) in [7, 11) is 0. The summed E-state index contributed by atoms with van der Waals surface area (Å²) in [5, 5.41) is 16.3. The number of aromatic nitrogens is 6. The average Bonchev–Trinajstić information content (AvgIpc) is 1.52. The molecule has 0 bridgehead atoms. The first-order valence-electron chi connectivity index (χ1n) is 44.2. The van der Waals surface area contributed by atoms with E-state index in [4.69, 9.17) is 57.5 Å². The molecular formula is C102H118B2Cl2N8O2. The minimum atomic E-state index is -0.601. The number of fused-ring (bicyclic) bond motifs is 3. The number of rotatable bonds is 50. The molecule has 0 spiro atoms. The van der Waals surface area contributed by atoms with E-state index < -0.39 is 13.7 Å². The van der Waals surface area contributed by atoms with Crippen LogP contribution in [0.5, 0.6) is 11.5 Å². The lowest BCUT2D eigenvalue weighted by Crippen LogP contribution is -2.54. The molecule has 12 rings (SSSR count). The second-order valence-electron chi connectivity index (χ2n) is 31.8. The number of hydrogen-bond acceptors (Lipinski definition) is 7. The molecule has 10 nitrogen and oxygen atoms in total. The van der Waals surface area contributed by atoms with E-state index in [0.717, 1.165) is 81.5 Å². The van der Waals surface area contributed by atoms with Crippen LogP contribution < -0.4 is 42.0 Å². The average molecular weight is 1580 g/mol. The van der Waals surface area contributed by atoms with Crippen LogP contribution in [0.3, 0.4) is 0 Å². The maximum Gasteiger partial charge on any atom is 0.328 e. The Morgan fingerprint density at radius 2 is 0.672 bits per heavy atom. The Bertz CT molecular complexity index is 4800. The van der Waals surface area contributed by atoms with Gasteiger partial charge in [0, 0.05) is 43.8 Å². The molecular weight excluding hydrogens is 1460 g/mol. The Morgan fingerprint density at radius 3 is 1.00 bits per heavy atom. The standard InChI is InChI=1S/C102H118B2Cl2N8O2/c1-4-6-8-10-12-14-16-18-20-22-24-26-28-30-32-34-36-50-72-115-87-66-60-79(61-67-87)99-96-97(102(98(108-3)95-78-110-93-75-86(106)65-71-91(93)112-95)114(99)104(83-56-46-40-47-57-83)84-58-48-41-49-59-84)100(80-62-68-88(69-63-80)116-73-51-37-35-33-31-29-27-25-23-21-19-17-15-13-11-9-7-5-2)113(103(81-52-42-38-43-53-81)82-54-44-39-45-55-82)101(96)89(76-107)94-77-109-92-74-85(105)64-70-90(92)111-94/h38-49,52-71,74-75,77-78H,4-37,50-51,72-73H2,1-2H3/b101-89-,102-98+. The zero-order chi connectivity index (χ0) is 80.1. The van der Waals surface area contributed by atoms with Gasteiger partial charge in [0.1, 0.15) is 28.8 Å². The molecule has 0 aliphatic carbocycles. The summed E-state index contributed by atoms with van der Waals surface area (Å²) in [4.78, 5) is 25.6. The summed E-state index contributed by atoms with van der Waals surface area (Å²) in [5.74, 6) is 1.51. The topological polar surface area (TPSA) is 108 Å². The summed E-state index contributed by atoms with van der Waals surface area (Å²) in [6, 6.07) is 72.8. The SMILES string of the molecule is [C-]#[N+]/C(c1cnc2cc(Cl)ccc2n1)=c1\c2c(-c3ccc(OCCCCCCCCCCCCCCCCCCCC)cc3)n(B(c3ccccc3)c3ccccc3)/c(=C(/C#N)c3cnc4cc(Cl)ccc4n3)c2c(-c2ccc(OCCCCCCCCCCCCCCCCCCCC)cc2)n1B(c1ccccc1)c1ccccc1. The van der Waals surface area contributed by atoms with Crippen LogP contribution >= 0.6 is 23.2 Å². The van der Waals surface area contributed by atoms with Crippen LogP contribution in [0, 0.1) is 17.9 Å². The van der Waals surface area contributed by atoms with Crippen molar-refractivity contribution in [3.8, 4) is 40.1 Å². The van der Waals surface area contributed by atoms with Gasteiger partial charge in [0.15, 0.2) is 0 Å². The van der Waals surface area contributed by atoms with Gasteiger partial charge in [0.2, 0.25) is 5.70 Å². The number of nitrogens with zero attached hydrogens (tertiary/aromatic N) is 8. The fraction of sp³-hybridized carbons (Fsp3) is 0.392. The zero-order valence-electron chi connectivity index (χ0n) is 69.0. The molecule has 8 aromatic carbocycles. The van der Waals surface area contributed by atoms with Gasteiger partial charge in [-0.25, -0.2) is 9.83 Å². The lowest BCUT2D eigenvalue weighted by atomic mass is 9.50. The molecule has 0 atom stereocenters. The molecule has 4 aromatic heterocycles. The molecule has 0 fully saturated rings. The van der Waals surface area contributed by atoms with Crippen molar-refractivity contribution in [2.75, 3.05) is 13.2 Å². The minimum absolute atomic E-state index is 0.248. The van der Waals surface area contributed by atoms with Crippen LogP contribution in [0.1, 0.15) is 256 Å². The van der Waals surface area contributed by atoms with E-state index in [1.54, 1.807) is 24.5 Å². The largest absolute Gasteiger partial charge is 0.494 e. The molecule has 0 amide bonds. The van der Waals surface area contributed by atoms with E-state index in [1.807, 2.05) is 48.5 Å². The Kier molecular flexibility index (Phi) is 34.6. The molecule has 0 unspecified atom stereocenters. The third-order valence-corrected chi connectivity index (χ3v) is 23.6. The highest BCUT2D eigenvalue weighted by Gasteiger charge is 2.38. The number of hydrogen-bond donors (Lipinski definition) is 0. The third-order valence-electron chi connectivity index (χ3n) is 23.1. The predicted octanol–water partition coefficient (Wildman–Crippen LogP) is 24.9. The normalized spacial score (nSPS) is 12.0. The van der Waals surface area contributed by atoms with Crippen molar-refractivity contribution in [2.24, 2.45) is 0 Å². The molecule has 14 heteroatoms. The molecule has 598 valence electrons. The lowest BCUT2D eigenvalue weighted by Gasteiger charge is -2.24. The quantitative estimate of drug-likeness (QED) is 0.0212. The van der Waals surface area contributed by atoms with Crippen molar-refractivity contribution in [3.05, 3.63) is 262 Å². The predicted molar refractivity (Wildman–Crippen MR) is 492 cm³/mol. The van der Waals surface area contributed by atoms with Crippen LogP contribution in [0.2, 0.25) is 10.0 Å². The first-order valence-corrected chi connectivity index (χ1v) is 45.0. The van der Waals surface area contributed by atoms with Gasteiger partial charge in [0.05, 0.1) is 59.1 Å². The van der Waals surface area contributed by atoms with Gasteiger partial charge in [-0.15, -0.1) is 0 Å². The Labute approximate surface area is 702 Å². The molecule has 4 heterocycles. The first kappa shape index (κ1) is 85.7. The molecule has 116 heavy (non-hydrogen) atoms. The maximum atomic E-state index is 12.7. The van der Waals surface area contributed by atoms with Crippen molar-refractivity contribution >= 4 is 103 Å². The maximum absolute atomic E-state index is 12.7. The van der Waals surface area contributed by atoms with Crippen LogP contribution in [0.25, 0.3) is 71.5 Å². The highest BCUT2D eigenvalue weighted by molar-refractivity contribution is 6.85. The summed E-state index contributed by atoms with van der Waals surface area (Å²) < 4.78 is 18.1. The highest BCUT2D eigenvalue weighted by atomic mass is 35.5. The molecule has 0 aliphatic heterocycles. The molecule has 0 saturated carbocycles. The van der Waals surface area contributed by atoms with Crippen LogP contribution in [-0.4, -0.2) is 55.8 Å². The van der Waals surface area contributed by atoms with E-state index >= 15 is 0 Å². The van der Waals surface area contributed by atoms with E-state index in [0.29, 0.717) is 78.2 Å². The van der Waals surface area contributed by atoms with Gasteiger partial charge in [-0.3, -0.25) is 15.0 Å². The Hall–Kier alpha value is -9.71. The molecule has 0 radical (unpaired) electrons. The van der Waals surface area contributed by atoms with Crippen molar-refractivity contribution < 1.29 is 9.47 Å². The number of benzene rings is 8. The number of halogens is 2. The van der Waals surface area contributed by atoms with Crippen LogP contribution in [0.15, 0.2) is 219 Å². The molecule has 0 saturated heterocycles. The lowest BCUT2D eigenvalue weighted by molar-refractivity contribution is 0.304. The summed E-state index contributed by atoms with van der Waals surface area (Å²) in [5.41, 5.74) is 10.6. The third kappa shape index (κ3) is 23.8. The summed E-state index contributed by atoms with van der Waals surface area (Å²) in [6.45, 7) is 14.4. The first-order chi connectivity index (χ1) is 57.3. The van der Waals surface area contributed by atoms with Gasteiger partial charge in [-0.2, -0.15) is 5.26 Å². The monoisotopic (exact) mass is 1580 g/mol. The van der Waals surface area contributed by atoms with E-state index in [9.17, 15) is 11.8 Å². The fourth-order valence-corrected chi connectivity index (χ4v) is 17.3. The highest BCUT2D eigenvalue weighted by Crippen LogP contribution is 2.39. The van der Waals surface area contributed by atoms with E-state index in [2.05, 4.69) is 174 Å². The van der Waals surface area contributed by atoms with Gasteiger partial charge < -0.3 is 18.4 Å². The fourth-order valence-electron chi connectivity index (χ4n) is 17.0. The van der Waals surface area contributed by atoms with Crippen LogP contribution in [0.4, 0.5) is 0 Å². The van der Waals surface area contributed by atoms with Crippen molar-refractivity contribution in [1.82, 2.24) is 28.9 Å². The van der Waals surface area contributed by atoms with Gasteiger partial charge in [0.25, 0.3) is 0 Å². The van der Waals surface area contributed by atoms with Crippen molar-refractivity contribution in [1.29, 1.82) is 5.26 Å². The van der Waals surface area contributed by atoms with E-state index in [-0.39, 0.29) is 11.3 Å². The zero-order valence-corrected chi connectivity index (χ0v) is 70.5. The molecule has 0 aliphatic rings. The van der Waals surface area contributed by atoms with Crippen molar-refractivity contribution in [3.63, 3.8) is 0 Å². The Morgan fingerprint density at radius 1 is 0.371 bits per heavy atom. The van der Waals surface area contributed by atoms with Crippen molar-refractivity contribution in [2.45, 2.75) is 245 Å². The van der Waals surface area contributed by atoms with Gasteiger partial charge in [-0.1, -0.05) is 399 Å². The van der Waals surface area contributed by atoms with E-state index in [1.165, 1.54) is 205 Å². The summed E-state index contributed by atoms with van der Waals surface area (Å²) in [6.07, 6.45) is 50.8. The number of nitriles is 1. The smallest absolute Gasteiger partial charge is 0.328 e. The second kappa shape index (κ2) is 46.9. The molecule has 12 aromatic rings. The molecule has 0 N–H and O–H groups in total. The Balaban J connectivity index is 0.970. The number of ether oxygens (including phenoxy) is 2.